The van der Waals surface area contributed by atoms with Crippen molar-refractivity contribution in [2.24, 2.45) is 0 Å². The minimum absolute atomic E-state index is 0.0944. The van der Waals surface area contributed by atoms with Crippen LogP contribution in [0.15, 0.2) is 30.5 Å². The van der Waals surface area contributed by atoms with E-state index in [9.17, 15) is 13.2 Å². The third-order valence-electron chi connectivity index (χ3n) is 3.78. The normalized spacial score (nSPS) is 12.6. The molecule has 1 heterocycles. The highest BCUT2D eigenvalue weighted by molar-refractivity contribution is 5.68. The van der Waals surface area contributed by atoms with E-state index in [0.29, 0.717) is 24.5 Å². The SMILES string of the molecule is CCOc1ccccc1N(C)c1nc(OC(C)CC)ncc1C(F)(F)F. The van der Waals surface area contributed by atoms with Crippen LogP contribution in [-0.2, 0) is 6.18 Å². The molecule has 8 heteroatoms. The van der Waals surface area contributed by atoms with E-state index in [0.717, 1.165) is 6.20 Å². The zero-order valence-corrected chi connectivity index (χ0v) is 15.2. The van der Waals surface area contributed by atoms with Gasteiger partial charge in [0, 0.05) is 13.2 Å². The molecule has 1 aromatic heterocycles. The average Bonchev–Trinajstić information content (AvgIpc) is 2.60. The molecule has 0 saturated carbocycles. The first-order valence-corrected chi connectivity index (χ1v) is 8.34. The number of ether oxygens (including phenoxy) is 2. The van der Waals surface area contributed by atoms with Crippen molar-refractivity contribution in [2.75, 3.05) is 18.6 Å². The number of aromatic nitrogens is 2. The van der Waals surface area contributed by atoms with Gasteiger partial charge in [0.2, 0.25) is 0 Å². The predicted molar refractivity (Wildman–Crippen MR) is 93.1 cm³/mol. The molecule has 0 bridgehead atoms. The van der Waals surface area contributed by atoms with Gasteiger partial charge < -0.3 is 14.4 Å². The summed E-state index contributed by atoms with van der Waals surface area (Å²) in [6.45, 7) is 5.90. The Kier molecular flexibility index (Phi) is 6.28. The van der Waals surface area contributed by atoms with Crippen molar-refractivity contribution in [3.8, 4) is 11.8 Å². The van der Waals surface area contributed by atoms with E-state index in [1.54, 1.807) is 38.1 Å². The molecular formula is C18H22F3N3O2. The number of hydrogen-bond acceptors (Lipinski definition) is 5. The summed E-state index contributed by atoms with van der Waals surface area (Å²) in [5, 5.41) is 0. The van der Waals surface area contributed by atoms with Crippen LogP contribution < -0.4 is 14.4 Å². The summed E-state index contributed by atoms with van der Waals surface area (Å²) in [4.78, 5) is 9.07. The minimum atomic E-state index is -4.60. The van der Waals surface area contributed by atoms with Gasteiger partial charge >= 0.3 is 12.2 Å². The molecule has 0 saturated heterocycles. The highest BCUT2D eigenvalue weighted by Gasteiger charge is 2.37. The second kappa shape index (κ2) is 8.25. The second-order valence-electron chi connectivity index (χ2n) is 5.68. The third kappa shape index (κ3) is 4.56. The standard InChI is InChI=1S/C18H22F3N3O2/c1-5-12(3)26-17-22-11-13(18(19,20)21)16(23-17)24(4)14-9-7-8-10-15(14)25-6-2/h7-12H,5-6H2,1-4H3. The first-order chi connectivity index (χ1) is 12.3. The van der Waals surface area contributed by atoms with E-state index < -0.39 is 11.7 Å². The molecule has 0 spiro atoms. The lowest BCUT2D eigenvalue weighted by Gasteiger charge is -2.24. The maximum atomic E-state index is 13.5. The maximum absolute atomic E-state index is 13.5. The monoisotopic (exact) mass is 369 g/mol. The maximum Gasteiger partial charge on any atom is 0.421 e. The molecule has 1 aromatic carbocycles. The molecule has 0 radical (unpaired) electrons. The van der Waals surface area contributed by atoms with Crippen molar-refractivity contribution in [2.45, 2.75) is 39.5 Å². The number of hydrogen-bond donors (Lipinski definition) is 0. The molecule has 2 aromatic rings. The molecule has 0 aliphatic carbocycles. The number of nitrogens with zero attached hydrogens (tertiary/aromatic N) is 3. The summed E-state index contributed by atoms with van der Waals surface area (Å²) in [5.74, 6) is 0.173. The van der Waals surface area contributed by atoms with Gasteiger partial charge in [0.1, 0.15) is 11.3 Å². The average molecular weight is 369 g/mol. The van der Waals surface area contributed by atoms with Crippen LogP contribution in [0.4, 0.5) is 24.7 Å². The van der Waals surface area contributed by atoms with E-state index in [-0.39, 0.29) is 17.9 Å². The van der Waals surface area contributed by atoms with Crippen molar-refractivity contribution in [3.05, 3.63) is 36.0 Å². The first kappa shape index (κ1) is 19.8. The molecule has 5 nitrogen and oxygen atoms in total. The lowest BCUT2D eigenvalue weighted by molar-refractivity contribution is -0.137. The van der Waals surface area contributed by atoms with Gasteiger partial charge in [-0.1, -0.05) is 19.1 Å². The van der Waals surface area contributed by atoms with E-state index in [1.165, 1.54) is 11.9 Å². The van der Waals surface area contributed by atoms with Gasteiger partial charge in [0.25, 0.3) is 0 Å². The summed E-state index contributed by atoms with van der Waals surface area (Å²) in [7, 11) is 1.50. The predicted octanol–water partition coefficient (Wildman–Crippen LogP) is 4.84. The summed E-state index contributed by atoms with van der Waals surface area (Å²) in [6, 6.07) is 6.75. The van der Waals surface area contributed by atoms with Gasteiger partial charge in [-0.3, -0.25) is 0 Å². The molecule has 1 atom stereocenters. The largest absolute Gasteiger partial charge is 0.492 e. The van der Waals surface area contributed by atoms with Crippen molar-refractivity contribution >= 4 is 11.5 Å². The topological polar surface area (TPSA) is 47.5 Å². The summed E-state index contributed by atoms with van der Waals surface area (Å²) < 4.78 is 51.4. The summed E-state index contributed by atoms with van der Waals surface area (Å²) >= 11 is 0. The lowest BCUT2D eigenvalue weighted by Crippen LogP contribution is -2.21. The van der Waals surface area contributed by atoms with Crippen molar-refractivity contribution in [1.29, 1.82) is 0 Å². The number of halogens is 3. The van der Waals surface area contributed by atoms with Crippen LogP contribution in [0.3, 0.4) is 0 Å². The molecule has 142 valence electrons. The van der Waals surface area contributed by atoms with E-state index >= 15 is 0 Å². The van der Waals surface area contributed by atoms with Gasteiger partial charge in [0.15, 0.2) is 5.82 Å². The van der Waals surface area contributed by atoms with Crippen molar-refractivity contribution in [1.82, 2.24) is 9.97 Å². The highest BCUT2D eigenvalue weighted by Crippen LogP contribution is 2.40. The van der Waals surface area contributed by atoms with Crippen LogP contribution >= 0.6 is 0 Å². The lowest BCUT2D eigenvalue weighted by atomic mass is 10.2. The van der Waals surface area contributed by atoms with Crippen molar-refractivity contribution in [3.63, 3.8) is 0 Å². The minimum Gasteiger partial charge on any atom is -0.492 e. The molecule has 0 aliphatic heterocycles. The smallest absolute Gasteiger partial charge is 0.421 e. The van der Waals surface area contributed by atoms with Gasteiger partial charge in [-0.2, -0.15) is 18.2 Å². The molecule has 0 amide bonds. The van der Waals surface area contributed by atoms with E-state index in [2.05, 4.69) is 9.97 Å². The Hall–Kier alpha value is -2.51. The molecule has 0 fully saturated rings. The number of rotatable bonds is 7. The van der Waals surface area contributed by atoms with Crippen LogP contribution in [-0.4, -0.2) is 29.7 Å². The van der Waals surface area contributed by atoms with Crippen LogP contribution in [0.5, 0.6) is 11.8 Å². The fourth-order valence-corrected chi connectivity index (χ4v) is 2.26. The Morgan fingerprint density at radius 3 is 2.50 bits per heavy atom. The number of anilines is 2. The zero-order valence-electron chi connectivity index (χ0n) is 15.2. The van der Waals surface area contributed by atoms with Gasteiger partial charge in [-0.05, 0) is 32.4 Å². The Morgan fingerprint density at radius 2 is 1.88 bits per heavy atom. The fourth-order valence-electron chi connectivity index (χ4n) is 2.26. The van der Waals surface area contributed by atoms with Crippen LogP contribution in [0, 0.1) is 0 Å². The second-order valence-corrected chi connectivity index (χ2v) is 5.68. The quantitative estimate of drug-likeness (QED) is 0.699. The Labute approximate surface area is 150 Å². The zero-order chi connectivity index (χ0) is 19.3. The fraction of sp³-hybridized carbons (Fsp3) is 0.444. The Balaban J connectivity index is 2.52. The van der Waals surface area contributed by atoms with E-state index in [4.69, 9.17) is 9.47 Å². The molecule has 1 unspecified atom stereocenters. The summed E-state index contributed by atoms with van der Waals surface area (Å²) in [6.07, 6.45) is -3.37. The first-order valence-electron chi connectivity index (χ1n) is 8.34. The number of alkyl halides is 3. The molecule has 26 heavy (non-hydrogen) atoms. The van der Waals surface area contributed by atoms with Gasteiger partial charge in [-0.15, -0.1) is 0 Å². The Bertz CT molecular complexity index is 738. The highest BCUT2D eigenvalue weighted by atomic mass is 19.4. The van der Waals surface area contributed by atoms with Gasteiger partial charge in [-0.25, -0.2) is 4.98 Å². The molecule has 0 aliphatic rings. The van der Waals surface area contributed by atoms with Crippen molar-refractivity contribution < 1.29 is 22.6 Å². The number of para-hydroxylation sites is 2. The molecule has 0 N–H and O–H groups in total. The third-order valence-corrected chi connectivity index (χ3v) is 3.78. The van der Waals surface area contributed by atoms with Gasteiger partial charge in [0.05, 0.1) is 18.4 Å². The molecule has 2 rings (SSSR count). The van der Waals surface area contributed by atoms with Crippen LogP contribution in [0.25, 0.3) is 0 Å². The number of benzene rings is 1. The van der Waals surface area contributed by atoms with Crippen LogP contribution in [0.1, 0.15) is 32.8 Å². The summed E-state index contributed by atoms with van der Waals surface area (Å²) in [5.41, 5.74) is -0.476. The molecular weight excluding hydrogens is 347 g/mol. The van der Waals surface area contributed by atoms with E-state index in [1.807, 2.05) is 6.92 Å². The van der Waals surface area contributed by atoms with Crippen LogP contribution in [0.2, 0.25) is 0 Å². The Morgan fingerprint density at radius 1 is 1.19 bits per heavy atom.